The van der Waals surface area contributed by atoms with Crippen LogP contribution in [0.4, 0.5) is 14.9 Å². The van der Waals surface area contributed by atoms with E-state index in [-0.39, 0.29) is 18.1 Å². The molecule has 9 heteroatoms. The fraction of sp³-hybridized carbons (Fsp3) is 0.286. The van der Waals surface area contributed by atoms with Crippen molar-refractivity contribution in [3.63, 3.8) is 0 Å². The van der Waals surface area contributed by atoms with Gasteiger partial charge in [0.2, 0.25) is 5.91 Å². The van der Waals surface area contributed by atoms with Gasteiger partial charge in [-0.3, -0.25) is 14.3 Å². The summed E-state index contributed by atoms with van der Waals surface area (Å²) < 4.78 is 20.8. The number of halogens is 1. The Hall–Kier alpha value is -2.97. The Morgan fingerprint density at radius 2 is 2.09 bits per heavy atom. The zero-order valence-corrected chi connectivity index (χ0v) is 12.5. The van der Waals surface area contributed by atoms with Crippen molar-refractivity contribution in [2.45, 2.75) is 13.2 Å². The molecule has 2 aromatic rings. The first-order valence-electron chi connectivity index (χ1n) is 6.83. The molecule has 3 rings (SSSR count). The minimum atomic E-state index is -0.694. The molecule has 1 aliphatic rings. The summed E-state index contributed by atoms with van der Waals surface area (Å²) in [6.07, 6.45) is 1.43. The highest BCUT2D eigenvalue weighted by atomic mass is 19.1. The summed E-state index contributed by atoms with van der Waals surface area (Å²) in [7, 11) is 1.54. The van der Waals surface area contributed by atoms with Crippen LogP contribution in [0.15, 0.2) is 30.9 Å². The minimum Gasteiger partial charge on any atom is -0.423 e. The molecule has 1 saturated heterocycles. The fourth-order valence-corrected chi connectivity index (χ4v) is 2.26. The van der Waals surface area contributed by atoms with Crippen molar-refractivity contribution in [2.75, 3.05) is 18.5 Å². The molecule has 1 atom stereocenters. The SMILES string of the molecule is CC(=O)N(C)C1CN(c2ccc(-n3cnnc3)c(F)c2)C(=O)O1. The third-order valence-electron chi connectivity index (χ3n) is 3.66. The topological polar surface area (TPSA) is 80.6 Å². The predicted molar refractivity (Wildman–Crippen MR) is 77.4 cm³/mol. The molecule has 1 aromatic carbocycles. The van der Waals surface area contributed by atoms with Gasteiger partial charge in [0, 0.05) is 14.0 Å². The minimum absolute atomic E-state index is 0.139. The molecule has 8 nitrogen and oxygen atoms in total. The van der Waals surface area contributed by atoms with Gasteiger partial charge in [0.25, 0.3) is 0 Å². The number of nitrogens with zero attached hydrogens (tertiary/aromatic N) is 5. The van der Waals surface area contributed by atoms with E-state index in [2.05, 4.69) is 10.2 Å². The molecule has 2 heterocycles. The van der Waals surface area contributed by atoms with Gasteiger partial charge in [-0.2, -0.15) is 0 Å². The molecule has 0 bridgehead atoms. The Kier molecular flexibility index (Phi) is 3.68. The van der Waals surface area contributed by atoms with Gasteiger partial charge < -0.3 is 9.64 Å². The van der Waals surface area contributed by atoms with E-state index in [0.717, 1.165) is 0 Å². The lowest BCUT2D eigenvalue weighted by atomic mass is 10.2. The van der Waals surface area contributed by atoms with Crippen molar-refractivity contribution in [2.24, 2.45) is 0 Å². The predicted octanol–water partition coefficient (Wildman–Crippen LogP) is 1.17. The number of hydrogen-bond acceptors (Lipinski definition) is 5. The molecular formula is C14H14FN5O3. The van der Waals surface area contributed by atoms with E-state index in [1.54, 1.807) is 13.1 Å². The fourth-order valence-electron chi connectivity index (χ4n) is 2.26. The van der Waals surface area contributed by atoms with E-state index >= 15 is 0 Å². The summed E-state index contributed by atoms with van der Waals surface area (Å²) in [5, 5.41) is 7.24. The Morgan fingerprint density at radius 3 is 2.70 bits per heavy atom. The second kappa shape index (κ2) is 5.67. The van der Waals surface area contributed by atoms with Gasteiger partial charge in [-0.05, 0) is 18.2 Å². The number of benzene rings is 1. The first kappa shape index (κ1) is 14.9. The largest absolute Gasteiger partial charge is 0.423 e. The number of carbonyl (C=O) groups is 2. The van der Waals surface area contributed by atoms with E-state index in [4.69, 9.17) is 4.74 Å². The van der Waals surface area contributed by atoms with Gasteiger partial charge >= 0.3 is 6.09 Å². The number of anilines is 1. The molecule has 0 saturated carbocycles. The smallest absolute Gasteiger partial charge is 0.416 e. The van der Waals surface area contributed by atoms with Gasteiger partial charge in [0.15, 0.2) is 6.23 Å². The Bertz CT molecular complexity index is 749. The van der Waals surface area contributed by atoms with Crippen LogP contribution < -0.4 is 4.90 Å². The highest BCUT2D eigenvalue weighted by Crippen LogP contribution is 2.26. The summed E-state index contributed by atoms with van der Waals surface area (Å²) in [6.45, 7) is 1.52. The molecule has 1 aromatic heterocycles. The van der Waals surface area contributed by atoms with Crippen molar-refractivity contribution >= 4 is 17.7 Å². The van der Waals surface area contributed by atoms with Crippen molar-refractivity contribution in [3.8, 4) is 5.69 Å². The number of aromatic nitrogens is 3. The molecule has 23 heavy (non-hydrogen) atoms. The number of likely N-dealkylation sites (N-methyl/N-ethyl adjacent to an activating group) is 1. The van der Waals surface area contributed by atoms with E-state index in [1.165, 1.54) is 46.1 Å². The lowest BCUT2D eigenvalue weighted by Gasteiger charge is -2.20. The average molecular weight is 319 g/mol. The third kappa shape index (κ3) is 2.72. The highest BCUT2D eigenvalue weighted by Gasteiger charge is 2.36. The van der Waals surface area contributed by atoms with Crippen LogP contribution in [0, 0.1) is 5.82 Å². The highest BCUT2D eigenvalue weighted by molar-refractivity contribution is 5.90. The lowest BCUT2D eigenvalue weighted by Crippen LogP contribution is -2.38. The van der Waals surface area contributed by atoms with E-state index in [9.17, 15) is 14.0 Å². The average Bonchev–Trinajstić information content (AvgIpc) is 3.15. The van der Waals surface area contributed by atoms with E-state index in [1.807, 2.05) is 0 Å². The summed E-state index contributed by atoms with van der Waals surface area (Å²) in [5.41, 5.74) is 0.618. The number of cyclic esters (lactones) is 1. The standard InChI is InChI=1S/C14H14FN5O3/c1-9(21)18(2)13-6-20(14(22)23-13)10-3-4-12(11(15)5-10)19-7-16-17-8-19/h3-5,7-8,13H,6H2,1-2H3. The van der Waals surface area contributed by atoms with Crippen LogP contribution in [0.3, 0.4) is 0 Å². The number of ether oxygens (including phenoxy) is 1. The number of carbonyl (C=O) groups excluding carboxylic acids is 2. The quantitative estimate of drug-likeness (QED) is 0.848. The second-order valence-corrected chi connectivity index (χ2v) is 5.08. The lowest BCUT2D eigenvalue weighted by molar-refractivity contribution is -0.134. The number of hydrogen-bond donors (Lipinski definition) is 0. The Labute approximate surface area is 131 Å². The summed E-state index contributed by atoms with van der Waals surface area (Å²) in [4.78, 5) is 25.9. The van der Waals surface area contributed by atoms with Crippen molar-refractivity contribution < 1.29 is 18.7 Å². The molecule has 0 N–H and O–H groups in total. The maximum absolute atomic E-state index is 14.3. The summed E-state index contributed by atoms with van der Waals surface area (Å²) >= 11 is 0. The van der Waals surface area contributed by atoms with Crippen LogP contribution in [-0.2, 0) is 9.53 Å². The Morgan fingerprint density at radius 1 is 1.39 bits per heavy atom. The molecule has 120 valence electrons. The number of rotatable bonds is 3. The van der Waals surface area contributed by atoms with Crippen LogP contribution in [-0.4, -0.2) is 51.5 Å². The van der Waals surface area contributed by atoms with Crippen LogP contribution in [0.5, 0.6) is 0 Å². The summed E-state index contributed by atoms with van der Waals surface area (Å²) in [5.74, 6) is -0.753. The van der Waals surface area contributed by atoms with Gasteiger partial charge in [-0.15, -0.1) is 10.2 Å². The first-order valence-corrected chi connectivity index (χ1v) is 6.83. The van der Waals surface area contributed by atoms with Crippen LogP contribution >= 0.6 is 0 Å². The van der Waals surface area contributed by atoms with Gasteiger partial charge in [0.05, 0.1) is 17.9 Å². The maximum atomic E-state index is 14.3. The summed E-state index contributed by atoms with van der Waals surface area (Å²) in [6, 6.07) is 4.34. The second-order valence-electron chi connectivity index (χ2n) is 5.08. The molecule has 2 amide bonds. The van der Waals surface area contributed by atoms with E-state index < -0.39 is 18.1 Å². The molecule has 0 radical (unpaired) electrons. The zero-order valence-electron chi connectivity index (χ0n) is 12.5. The normalized spacial score (nSPS) is 17.3. The zero-order chi connectivity index (χ0) is 16.6. The molecule has 1 unspecified atom stereocenters. The molecule has 1 fully saturated rings. The van der Waals surface area contributed by atoms with Gasteiger partial charge in [-0.1, -0.05) is 0 Å². The monoisotopic (exact) mass is 319 g/mol. The third-order valence-corrected chi connectivity index (χ3v) is 3.66. The van der Waals surface area contributed by atoms with Gasteiger partial charge in [-0.25, -0.2) is 9.18 Å². The van der Waals surface area contributed by atoms with E-state index in [0.29, 0.717) is 5.69 Å². The Balaban J connectivity index is 1.84. The molecule has 1 aliphatic heterocycles. The van der Waals surface area contributed by atoms with Crippen LogP contribution in [0.25, 0.3) is 5.69 Å². The van der Waals surface area contributed by atoms with Crippen LogP contribution in [0.1, 0.15) is 6.92 Å². The van der Waals surface area contributed by atoms with Gasteiger partial charge in [0.1, 0.15) is 18.5 Å². The van der Waals surface area contributed by atoms with Crippen molar-refractivity contribution in [1.82, 2.24) is 19.7 Å². The maximum Gasteiger partial charge on any atom is 0.416 e. The first-order chi connectivity index (χ1) is 11.0. The number of amides is 2. The van der Waals surface area contributed by atoms with Crippen molar-refractivity contribution in [1.29, 1.82) is 0 Å². The molecule has 0 aliphatic carbocycles. The molecule has 0 spiro atoms. The molecular weight excluding hydrogens is 305 g/mol. The van der Waals surface area contributed by atoms with Crippen LogP contribution in [0.2, 0.25) is 0 Å². The van der Waals surface area contributed by atoms with Crippen molar-refractivity contribution in [3.05, 3.63) is 36.7 Å².